The van der Waals surface area contributed by atoms with Gasteiger partial charge in [-0.1, -0.05) is 324 Å². The Hall–Kier alpha value is -4.52. The molecule has 0 radical (unpaired) electrons. The lowest BCUT2D eigenvalue weighted by atomic mass is 10.0. The van der Waals surface area contributed by atoms with E-state index in [0.29, 0.717) is 24.4 Å². The van der Waals surface area contributed by atoms with E-state index in [1.165, 1.54) is 257 Å². The third-order valence-corrected chi connectivity index (χ3v) is 22.3. The molecule has 0 saturated carbocycles. The lowest BCUT2D eigenvalue weighted by Gasteiger charge is -2.29. The van der Waals surface area contributed by atoms with Crippen LogP contribution in [0, 0.1) is 6.92 Å². The highest BCUT2D eigenvalue weighted by molar-refractivity contribution is 5.64. The summed E-state index contributed by atoms with van der Waals surface area (Å²) in [5, 5.41) is 8.91. The van der Waals surface area contributed by atoms with E-state index in [0.717, 1.165) is 148 Å². The molecule has 1 aromatic carbocycles. The normalized spacial score (nSPS) is 12.3. The van der Waals surface area contributed by atoms with Crippen molar-refractivity contribution in [1.29, 1.82) is 0 Å². The number of benzene rings is 1. The zero-order chi connectivity index (χ0) is 85.2. The molecule has 0 aromatic heterocycles. The first-order chi connectivity index (χ1) is 56.8. The topological polar surface area (TPSA) is 104 Å². The number of unbranched alkanes of at least 4 members (excludes halogenated alkanes) is 36. The van der Waals surface area contributed by atoms with Gasteiger partial charge in [-0.15, -0.1) is 0 Å². The molecule has 0 saturated heterocycles. The smallest absolute Gasteiger partial charge is 0.433 e. The number of nitrogens with zero attached hydrogens (tertiary/aromatic N) is 4. The van der Waals surface area contributed by atoms with Crippen LogP contribution in [0.3, 0.4) is 0 Å². The van der Waals surface area contributed by atoms with Gasteiger partial charge in [0.05, 0.1) is 6.61 Å². The molecule has 0 aliphatic rings. The molecule has 116 heavy (non-hydrogen) atoms. The fourth-order valence-electron chi connectivity index (χ4n) is 14.2. The molecule has 0 amide bonds. The Morgan fingerprint density at radius 2 is 0.578 bits per heavy atom. The maximum absolute atomic E-state index is 12.8. The molecule has 0 aliphatic carbocycles. The zero-order valence-corrected chi connectivity index (χ0v) is 78.8. The molecular formula is C105H192N4O7. The molecule has 0 heterocycles. The van der Waals surface area contributed by atoms with Crippen molar-refractivity contribution in [2.75, 3.05) is 78.7 Å². The highest BCUT2D eigenvalue weighted by atomic mass is 16.7. The van der Waals surface area contributed by atoms with Crippen LogP contribution in [0.4, 0.5) is 9.59 Å². The van der Waals surface area contributed by atoms with Gasteiger partial charge in [-0.05, 0) is 253 Å². The summed E-state index contributed by atoms with van der Waals surface area (Å²) < 4.78 is 22.9. The average Bonchev–Trinajstić information content (AvgIpc) is 0.909. The van der Waals surface area contributed by atoms with Gasteiger partial charge in [-0.2, -0.15) is 0 Å². The summed E-state index contributed by atoms with van der Waals surface area (Å²) in [7, 11) is 0. The van der Waals surface area contributed by atoms with Crippen molar-refractivity contribution in [1.82, 2.24) is 19.6 Å². The van der Waals surface area contributed by atoms with E-state index in [2.05, 4.69) is 200 Å². The van der Waals surface area contributed by atoms with Crippen LogP contribution in [0.25, 0.3) is 0 Å². The summed E-state index contributed by atoms with van der Waals surface area (Å²) in [6.45, 7) is 39.4. The van der Waals surface area contributed by atoms with Crippen LogP contribution in [-0.4, -0.2) is 140 Å². The standard InChI is InChI=1S/C49H92N2O3.C45H74O3.C11H26N2O/c1-7-11-13-15-17-19-21-23-25-27-29-31-33-35-37-39-41-48(54-49(52)53-46-45-51(47(5)6)44-43-50(9-3)10-4)42-40-38-36-34-32-30-28-26-24-22-20-18-16-14-12-8-2;1-4-6-8-10-12-14-16-18-20-22-24-26-28-30-32-34-36-43(47-45(46)48-44-40-38-42(3)39-41-44)37-35-33-31-29-27-25-23-21-19-17-15-13-11-9-7-5-2;1-5-12(6-2)7-8-13(9-10-14)11(3)4/h17-20,23-26,47-48H,7-16,21-22,27-46H2,1-6H3;12-15,18-21,38-41,43H,4-11,16-17,22-37H2,1-3H3;11,14H,5-10H2,1-4H3/b19-17-,20-18-,25-23-,26-24-;14-12-,15-13-,20-18-,21-19-;. The minimum Gasteiger partial charge on any atom is -0.433 e. The Balaban J connectivity index is 0. The largest absolute Gasteiger partial charge is 0.514 e. The van der Waals surface area contributed by atoms with Crippen LogP contribution in [-0.2, 0) is 14.2 Å². The van der Waals surface area contributed by atoms with Crippen molar-refractivity contribution in [3.05, 3.63) is 127 Å². The molecule has 1 rings (SSSR count). The monoisotopic (exact) mass is 1620 g/mol. The molecule has 0 spiro atoms. The first-order valence-electron chi connectivity index (χ1n) is 49.3. The number of likely N-dealkylation sites (N-methyl/N-ethyl adjacent to an activating group) is 2. The average molecular weight is 1620 g/mol. The van der Waals surface area contributed by atoms with E-state index in [1.807, 2.05) is 31.2 Å². The van der Waals surface area contributed by atoms with E-state index in [4.69, 9.17) is 24.1 Å². The minimum absolute atomic E-state index is 0.0296. The third kappa shape index (κ3) is 83.1. The van der Waals surface area contributed by atoms with Crippen molar-refractivity contribution in [3.8, 4) is 5.75 Å². The van der Waals surface area contributed by atoms with Crippen LogP contribution in [0.2, 0.25) is 0 Å². The van der Waals surface area contributed by atoms with Crippen LogP contribution in [0.5, 0.6) is 5.75 Å². The van der Waals surface area contributed by atoms with Crippen molar-refractivity contribution in [3.63, 3.8) is 0 Å². The number of allylic oxidation sites excluding steroid dienone is 16. The van der Waals surface area contributed by atoms with Crippen molar-refractivity contribution in [2.24, 2.45) is 0 Å². The first kappa shape index (κ1) is 114. The Morgan fingerprint density at radius 3 is 0.845 bits per heavy atom. The quantitative estimate of drug-likeness (QED) is 0.0292. The van der Waals surface area contributed by atoms with Crippen LogP contribution in [0.1, 0.15) is 423 Å². The number of aliphatic hydroxyl groups excluding tert-OH is 1. The maximum atomic E-state index is 12.8. The summed E-state index contributed by atoms with van der Waals surface area (Å²) in [5.74, 6) is 0.548. The number of carbonyl (C=O) groups excluding carboxylic acids is 2. The van der Waals surface area contributed by atoms with Crippen LogP contribution >= 0.6 is 0 Å². The summed E-state index contributed by atoms with van der Waals surface area (Å²) in [4.78, 5) is 35.0. The SMILES string of the molecule is CCCCC/C=C\C/C=C\CCCCCCCCC(CCCCCCCC/C=C\C/C=C\CCCCC)OC(=O)OCCN(CCN(CC)CC)C(C)C.CCCCC/C=C\C/C=C\CCCCCCCCC(CCCCCCCC/C=C\C/C=C\CCCCC)OC(=O)Oc1ccc(C)cc1.CCN(CC)CCN(CCO)C(C)C. The van der Waals surface area contributed by atoms with Crippen molar-refractivity contribution >= 4 is 12.3 Å². The molecule has 11 nitrogen and oxygen atoms in total. The molecule has 674 valence electrons. The van der Waals surface area contributed by atoms with E-state index in [9.17, 15) is 9.59 Å². The fraction of sp³-hybridized carbons (Fsp3) is 0.771. The van der Waals surface area contributed by atoms with Crippen LogP contribution in [0.15, 0.2) is 121 Å². The summed E-state index contributed by atoms with van der Waals surface area (Å²) >= 11 is 0. The molecule has 1 aromatic rings. The number of rotatable bonds is 80. The van der Waals surface area contributed by atoms with Gasteiger partial charge >= 0.3 is 12.3 Å². The lowest BCUT2D eigenvalue weighted by molar-refractivity contribution is 0.00995. The molecule has 0 unspecified atom stereocenters. The van der Waals surface area contributed by atoms with Crippen LogP contribution < -0.4 is 4.74 Å². The molecule has 0 aliphatic heterocycles. The number of aryl methyl sites for hydroxylation is 1. The van der Waals surface area contributed by atoms with Gasteiger partial charge in [-0.25, -0.2) is 9.59 Å². The second-order valence-electron chi connectivity index (χ2n) is 33.3. The van der Waals surface area contributed by atoms with Gasteiger partial charge in [0.1, 0.15) is 24.6 Å². The Morgan fingerprint density at radius 1 is 0.319 bits per heavy atom. The van der Waals surface area contributed by atoms with Gasteiger partial charge in [0.2, 0.25) is 0 Å². The van der Waals surface area contributed by atoms with E-state index in [-0.39, 0.29) is 18.8 Å². The lowest BCUT2D eigenvalue weighted by Crippen LogP contribution is -2.40. The number of carbonyl (C=O) groups is 2. The molecule has 11 heteroatoms. The zero-order valence-electron chi connectivity index (χ0n) is 78.8. The number of hydrogen-bond acceptors (Lipinski definition) is 11. The van der Waals surface area contributed by atoms with Gasteiger partial charge in [0.15, 0.2) is 0 Å². The first-order valence-corrected chi connectivity index (χ1v) is 49.3. The summed E-state index contributed by atoms with van der Waals surface area (Å²) in [6.07, 6.45) is 99.6. The number of hydrogen-bond donors (Lipinski definition) is 1. The van der Waals surface area contributed by atoms with Crippen molar-refractivity contribution < 1.29 is 33.6 Å². The fourth-order valence-corrected chi connectivity index (χ4v) is 14.2. The number of aliphatic hydroxyl groups is 1. The van der Waals surface area contributed by atoms with E-state index < -0.39 is 12.3 Å². The molecule has 0 bridgehead atoms. The third-order valence-electron chi connectivity index (χ3n) is 22.3. The Kier molecular flexibility index (Phi) is 90.8. The maximum Gasteiger partial charge on any atom is 0.514 e. The van der Waals surface area contributed by atoms with Crippen molar-refractivity contribution in [2.45, 2.75) is 448 Å². The minimum atomic E-state index is -0.566. The Labute approximate surface area is 721 Å². The second-order valence-corrected chi connectivity index (χ2v) is 33.3. The van der Waals surface area contributed by atoms with Gasteiger partial charge < -0.3 is 33.9 Å². The molecule has 0 fully saturated rings. The molecular weight excluding hydrogens is 1430 g/mol. The molecule has 0 atom stereocenters. The predicted octanol–water partition coefficient (Wildman–Crippen LogP) is 31.3. The molecule has 1 N–H and O–H groups in total. The highest BCUT2D eigenvalue weighted by Gasteiger charge is 2.19. The predicted molar refractivity (Wildman–Crippen MR) is 510 cm³/mol. The summed E-state index contributed by atoms with van der Waals surface area (Å²) in [5.41, 5.74) is 1.14. The number of ether oxygens (including phenoxy) is 4. The summed E-state index contributed by atoms with van der Waals surface area (Å²) in [6, 6.07) is 8.51. The van der Waals surface area contributed by atoms with Gasteiger partial charge in [0.25, 0.3) is 0 Å². The van der Waals surface area contributed by atoms with E-state index >= 15 is 0 Å². The second kappa shape index (κ2) is 92.8. The Bertz CT molecular complexity index is 2330. The van der Waals surface area contributed by atoms with Gasteiger partial charge in [-0.3, -0.25) is 9.80 Å². The highest BCUT2D eigenvalue weighted by Crippen LogP contribution is 2.22. The van der Waals surface area contributed by atoms with E-state index in [1.54, 1.807) is 0 Å². The van der Waals surface area contributed by atoms with Gasteiger partial charge in [0, 0.05) is 51.4 Å².